The molecule has 3 nitrogen and oxygen atoms in total. The smallest absolute Gasteiger partial charge is 0.328 e. The number of hydrogen-bond acceptors (Lipinski definition) is 2. The molecule has 0 saturated heterocycles. The zero-order valence-electron chi connectivity index (χ0n) is 10.2. The molecule has 1 aromatic heterocycles. The van der Waals surface area contributed by atoms with Crippen LogP contribution in [-0.2, 0) is 12.7 Å². The Morgan fingerprint density at radius 2 is 2.00 bits per heavy atom. The Hall–Kier alpha value is -1.30. The Balaban J connectivity index is 2.68. The lowest BCUT2D eigenvalue weighted by Crippen LogP contribution is -2.22. The van der Waals surface area contributed by atoms with E-state index in [1.54, 1.807) is 0 Å². The summed E-state index contributed by atoms with van der Waals surface area (Å²) in [6, 6.07) is 1.83. The summed E-state index contributed by atoms with van der Waals surface area (Å²) in [5.74, 6) is 0. The summed E-state index contributed by atoms with van der Waals surface area (Å²) in [5.41, 5.74) is 4.36. The van der Waals surface area contributed by atoms with Crippen molar-refractivity contribution in [2.75, 3.05) is 0 Å². The van der Waals surface area contributed by atoms with Crippen LogP contribution in [0.4, 0.5) is 13.2 Å². The van der Waals surface area contributed by atoms with Gasteiger partial charge < -0.3 is 10.3 Å². The maximum Gasteiger partial charge on any atom is 0.417 e. The van der Waals surface area contributed by atoms with E-state index in [4.69, 9.17) is 5.73 Å². The number of aromatic nitrogens is 1. The van der Waals surface area contributed by atoms with Crippen molar-refractivity contribution in [1.29, 1.82) is 0 Å². The van der Waals surface area contributed by atoms with E-state index in [2.05, 4.69) is 0 Å². The molecule has 0 fully saturated rings. The van der Waals surface area contributed by atoms with E-state index in [1.807, 2.05) is 6.92 Å². The number of alkyl halides is 3. The summed E-state index contributed by atoms with van der Waals surface area (Å²) in [4.78, 5) is 11.4. The lowest BCUT2D eigenvalue weighted by molar-refractivity contribution is -0.138. The fourth-order valence-electron chi connectivity index (χ4n) is 1.62. The Bertz CT molecular complexity index is 438. The van der Waals surface area contributed by atoms with Crippen LogP contribution in [0.1, 0.15) is 31.7 Å². The highest BCUT2D eigenvalue weighted by atomic mass is 19.4. The Kier molecular flexibility index (Phi) is 4.95. The van der Waals surface area contributed by atoms with Crippen molar-refractivity contribution in [3.63, 3.8) is 0 Å². The summed E-state index contributed by atoms with van der Waals surface area (Å²) < 4.78 is 38.5. The molecule has 18 heavy (non-hydrogen) atoms. The van der Waals surface area contributed by atoms with E-state index in [1.165, 1.54) is 0 Å². The second-order valence-electron chi connectivity index (χ2n) is 4.42. The molecule has 1 rings (SSSR count). The highest BCUT2D eigenvalue weighted by Crippen LogP contribution is 2.28. The van der Waals surface area contributed by atoms with Crippen LogP contribution in [0.5, 0.6) is 0 Å². The van der Waals surface area contributed by atoms with E-state index in [0.29, 0.717) is 6.42 Å². The molecule has 1 aromatic rings. The summed E-state index contributed by atoms with van der Waals surface area (Å²) in [7, 11) is 0. The van der Waals surface area contributed by atoms with Gasteiger partial charge in [-0.1, -0.05) is 6.42 Å². The highest BCUT2D eigenvalue weighted by Gasteiger charge is 2.30. The minimum Gasteiger partial charge on any atom is -0.328 e. The van der Waals surface area contributed by atoms with Crippen LogP contribution >= 0.6 is 0 Å². The predicted octanol–water partition coefficient (Wildman–Crippen LogP) is 2.38. The molecule has 0 spiro atoms. The van der Waals surface area contributed by atoms with E-state index in [0.717, 1.165) is 35.7 Å². The third kappa shape index (κ3) is 4.52. The molecular weight excluding hydrogens is 245 g/mol. The van der Waals surface area contributed by atoms with Gasteiger partial charge in [-0.15, -0.1) is 0 Å². The number of halogens is 3. The first-order chi connectivity index (χ1) is 8.30. The van der Waals surface area contributed by atoms with Crippen LogP contribution in [0.25, 0.3) is 0 Å². The molecule has 1 heterocycles. The van der Waals surface area contributed by atoms with E-state index < -0.39 is 17.3 Å². The number of unbranched alkanes of at least 4 members (excludes halogenated alkanes) is 1. The average Bonchev–Trinajstić information content (AvgIpc) is 2.24. The van der Waals surface area contributed by atoms with Gasteiger partial charge in [-0.3, -0.25) is 4.79 Å². The molecule has 0 aliphatic heterocycles. The van der Waals surface area contributed by atoms with Crippen LogP contribution in [0.15, 0.2) is 23.1 Å². The van der Waals surface area contributed by atoms with Crippen molar-refractivity contribution in [3.8, 4) is 0 Å². The topological polar surface area (TPSA) is 48.0 Å². The number of nitrogens with two attached hydrogens (primary N) is 1. The first-order valence-corrected chi connectivity index (χ1v) is 5.84. The Morgan fingerprint density at radius 3 is 2.56 bits per heavy atom. The third-order valence-corrected chi connectivity index (χ3v) is 2.62. The van der Waals surface area contributed by atoms with E-state index in [9.17, 15) is 18.0 Å². The van der Waals surface area contributed by atoms with Crippen molar-refractivity contribution < 1.29 is 13.2 Å². The van der Waals surface area contributed by atoms with Crippen molar-refractivity contribution in [1.82, 2.24) is 4.57 Å². The van der Waals surface area contributed by atoms with Crippen molar-refractivity contribution in [3.05, 3.63) is 34.2 Å². The maximum atomic E-state index is 12.5. The molecule has 0 aliphatic rings. The maximum absolute atomic E-state index is 12.5. The molecule has 0 amide bonds. The van der Waals surface area contributed by atoms with Gasteiger partial charge in [-0.2, -0.15) is 13.2 Å². The van der Waals surface area contributed by atoms with Crippen LogP contribution in [0.2, 0.25) is 0 Å². The fourth-order valence-corrected chi connectivity index (χ4v) is 1.62. The minimum atomic E-state index is -4.42. The SMILES string of the molecule is CC(N)CCCCn1cc(C(F)(F)F)ccc1=O. The molecular formula is C12H17F3N2O. The molecule has 0 bridgehead atoms. The zero-order valence-corrected chi connectivity index (χ0v) is 10.2. The van der Waals surface area contributed by atoms with E-state index >= 15 is 0 Å². The Labute approximate surface area is 103 Å². The second-order valence-corrected chi connectivity index (χ2v) is 4.42. The standard InChI is InChI=1S/C12H17F3N2O/c1-9(16)4-2-3-7-17-8-10(12(13,14)15)5-6-11(17)18/h5-6,8-9H,2-4,7,16H2,1H3. The lowest BCUT2D eigenvalue weighted by atomic mass is 10.1. The Morgan fingerprint density at radius 1 is 1.33 bits per heavy atom. The summed E-state index contributed by atoms with van der Waals surface area (Å²) in [6.45, 7) is 2.16. The molecule has 0 aliphatic carbocycles. The number of nitrogens with zero attached hydrogens (tertiary/aromatic N) is 1. The average molecular weight is 262 g/mol. The number of rotatable bonds is 5. The summed E-state index contributed by atoms with van der Waals surface area (Å²) in [6.07, 6.45) is -1.31. The van der Waals surface area contributed by atoms with Gasteiger partial charge in [0.15, 0.2) is 0 Å². The molecule has 0 aromatic carbocycles. The van der Waals surface area contributed by atoms with Crippen LogP contribution in [-0.4, -0.2) is 10.6 Å². The molecule has 102 valence electrons. The van der Waals surface area contributed by atoms with Gasteiger partial charge in [0.05, 0.1) is 5.56 Å². The molecule has 6 heteroatoms. The summed E-state index contributed by atoms with van der Waals surface area (Å²) in [5, 5.41) is 0. The molecule has 0 saturated carbocycles. The largest absolute Gasteiger partial charge is 0.417 e. The van der Waals surface area contributed by atoms with Gasteiger partial charge in [0, 0.05) is 24.8 Å². The third-order valence-electron chi connectivity index (χ3n) is 2.62. The second kappa shape index (κ2) is 6.04. The van der Waals surface area contributed by atoms with Gasteiger partial charge in [-0.05, 0) is 25.8 Å². The molecule has 1 atom stereocenters. The molecule has 1 unspecified atom stereocenters. The summed E-state index contributed by atoms with van der Waals surface area (Å²) >= 11 is 0. The van der Waals surface area contributed by atoms with Gasteiger partial charge >= 0.3 is 6.18 Å². The van der Waals surface area contributed by atoms with Crippen molar-refractivity contribution in [2.24, 2.45) is 5.73 Å². The number of hydrogen-bond donors (Lipinski definition) is 1. The highest BCUT2D eigenvalue weighted by molar-refractivity contribution is 5.13. The van der Waals surface area contributed by atoms with Crippen LogP contribution < -0.4 is 11.3 Å². The van der Waals surface area contributed by atoms with Gasteiger partial charge in [0.25, 0.3) is 5.56 Å². The number of pyridine rings is 1. The zero-order chi connectivity index (χ0) is 13.8. The number of aryl methyl sites for hydroxylation is 1. The predicted molar refractivity (Wildman–Crippen MR) is 63.2 cm³/mol. The van der Waals surface area contributed by atoms with Crippen LogP contribution in [0, 0.1) is 0 Å². The molecule has 0 radical (unpaired) electrons. The van der Waals surface area contributed by atoms with Gasteiger partial charge in [0.1, 0.15) is 0 Å². The quantitative estimate of drug-likeness (QED) is 0.828. The normalized spacial score (nSPS) is 13.6. The van der Waals surface area contributed by atoms with Gasteiger partial charge in [-0.25, -0.2) is 0 Å². The minimum absolute atomic E-state index is 0.0724. The van der Waals surface area contributed by atoms with Crippen molar-refractivity contribution in [2.45, 2.75) is 44.9 Å². The van der Waals surface area contributed by atoms with Gasteiger partial charge in [0.2, 0.25) is 0 Å². The first-order valence-electron chi connectivity index (χ1n) is 5.84. The fraction of sp³-hybridized carbons (Fsp3) is 0.583. The lowest BCUT2D eigenvalue weighted by Gasteiger charge is -2.11. The first kappa shape index (κ1) is 14.8. The van der Waals surface area contributed by atoms with Crippen molar-refractivity contribution >= 4 is 0 Å². The molecule has 2 N–H and O–H groups in total. The monoisotopic (exact) mass is 262 g/mol. The van der Waals surface area contributed by atoms with Crippen LogP contribution in [0.3, 0.4) is 0 Å². The van der Waals surface area contributed by atoms with E-state index in [-0.39, 0.29) is 12.6 Å².